The summed E-state index contributed by atoms with van der Waals surface area (Å²) in [7, 11) is 0. The van der Waals surface area contributed by atoms with Gasteiger partial charge in [0.2, 0.25) is 0 Å². The normalized spacial score (nSPS) is 26.4. The first-order valence-electron chi connectivity index (χ1n) is 14.5. The SMILES string of the molecule is Cc1cc(C2=CCC(C3CC=C(c4cc(C)c(OCC5CO5)cc4C)CC3)CC2)c(C)cc1OCC1CO1. The standard InChI is InChI=1S/C34H42O4/c1-21-15-33(37-19-29-17-35-29)23(3)13-31(21)27-9-5-25(6-10-27)26-7-11-28(12-8-26)32-14-24(4)34(16-22(32)2)38-20-30-18-36-30/h9,11,13-16,25-26,29-30H,5-8,10,12,17-20H2,1-4H3. The van der Waals surface area contributed by atoms with Crippen LogP contribution in [0, 0.1) is 39.5 Å². The van der Waals surface area contributed by atoms with Crippen molar-refractivity contribution in [3.63, 3.8) is 0 Å². The van der Waals surface area contributed by atoms with Gasteiger partial charge in [-0.25, -0.2) is 0 Å². The van der Waals surface area contributed by atoms with E-state index < -0.39 is 0 Å². The van der Waals surface area contributed by atoms with Crippen molar-refractivity contribution in [1.82, 2.24) is 0 Å². The molecule has 0 amide bonds. The molecule has 38 heavy (non-hydrogen) atoms. The van der Waals surface area contributed by atoms with Gasteiger partial charge in [-0.3, -0.25) is 0 Å². The Balaban J connectivity index is 1.07. The van der Waals surface area contributed by atoms with Crippen LogP contribution in [-0.2, 0) is 9.47 Å². The van der Waals surface area contributed by atoms with Gasteiger partial charge in [-0.15, -0.1) is 0 Å². The zero-order chi connectivity index (χ0) is 26.2. The molecule has 2 aromatic carbocycles. The van der Waals surface area contributed by atoms with E-state index in [4.69, 9.17) is 18.9 Å². The topological polar surface area (TPSA) is 43.5 Å². The summed E-state index contributed by atoms with van der Waals surface area (Å²) in [5.74, 6) is 3.59. The maximum atomic E-state index is 6.00. The van der Waals surface area contributed by atoms with Crippen molar-refractivity contribution < 1.29 is 18.9 Å². The highest BCUT2D eigenvalue weighted by molar-refractivity contribution is 5.72. The van der Waals surface area contributed by atoms with E-state index in [-0.39, 0.29) is 0 Å². The molecule has 4 unspecified atom stereocenters. The second kappa shape index (κ2) is 10.9. The highest BCUT2D eigenvalue weighted by Gasteiger charge is 2.28. The second-order valence-corrected chi connectivity index (χ2v) is 11.9. The smallest absolute Gasteiger partial charge is 0.122 e. The molecule has 2 saturated heterocycles. The monoisotopic (exact) mass is 514 g/mol. The van der Waals surface area contributed by atoms with Crippen LogP contribution in [0.15, 0.2) is 36.4 Å². The highest BCUT2D eigenvalue weighted by Crippen LogP contribution is 2.43. The van der Waals surface area contributed by atoms with Gasteiger partial charge in [-0.2, -0.15) is 0 Å². The molecule has 2 fully saturated rings. The lowest BCUT2D eigenvalue weighted by Gasteiger charge is -2.33. The van der Waals surface area contributed by atoms with E-state index >= 15 is 0 Å². The number of hydrogen-bond donors (Lipinski definition) is 0. The molecule has 0 N–H and O–H groups in total. The number of epoxide rings is 2. The van der Waals surface area contributed by atoms with Crippen LogP contribution in [0.1, 0.15) is 71.9 Å². The van der Waals surface area contributed by atoms with E-state index in [9.17, 15) is 0 Å². The number of rotatable bonds is 9. The summed E-state index contributed by atoms with van der Waals surface area (Å²) in [6, 6.07) is 9.11. The van der Waals surface area contributed by atoms with Crippen LogP contribution in [0.4, 0.5) is 0 Å². The average molecular weight is 515 g/mol. The van der Waals surface area contributed by atoms with Crippen molar-refractivity contribution in [2.24, 2.45) is 11.8 Å². The van der Waals surface area contributed by atoms with Gasteiger partial charge < -0.3 is 18.9 Å². The van der Waals surface area contributed by atoms with Crippen LogP contribution in [0.25, 0.3) is 11.1 Å². The minimum atomic E-state index is 0.291. The summed E-state index contributed by atoms with van der Waals surface area (Å²) >= 11 is 0. The molecule has 0 saturated carbocycles. The molecule has 2 aliphatic carbocycles. The fraction of sp³-hybridized carbons (Fsp3) is 0.529. The van der Waals surface area contributed by atoms with Crippen molar-refractivity contribution >= 4 is 11.1 Å². The predicted molar refractivity (Wildman–Crippen MR) is 153 cm³/mol. The Morgan fingerprint density at radius 1 is 0.632 bits per heavy atom. The Bertz CT molecular complexity index is 1150. The first-order chi connectivity index (χ1) is 18.4. The van der Waals surface area contributed by atoms with E-state index in [1.807, 2.05) is 0 Å². The van der Waals surface area contributed by atoms with E-state index in [2.05, 4.69) is 64.1 Å². The Morgan fingerprint density at radius 3 is 1.39 bits per heavy atom. The van der Waals surface area contributed by atoms with Crippen LogP contribution in [0.5, 0.6) is 11.5 Å². The third-order valence-electron chi connectivity index (χ3n) is 8.96. The van der Waals surface area contributed by atoms with Crippen molar-refractivity contribution in [2.45, 2.75) is 78.4 Å². The maximum absolute atomic E-state index is 6.00. The van der Waals surface area contributed by atoms with Crippen LogP contribution in [0.2, 0.25) is 0 Å². The molecule has 2 aliphatic heterocycles. The molecule has 202 valence electrons. The molecule has 0 bridgehead atoms. The van der Waals surface area contributed by atoms with Gasteiger partial charge in [0.1, 0.15) is 36.9 Å². The number of aryl methyl sites for hydroxylation is 4. The Kier molecular flexibility index (Phi) is 7.37. The largest absolute Gasteiger partial charge is 0.491 e. The molecular formula is C34H42O4. The summed E-state index contributed by atoms with van der Waals surface area (Å²) < 4.78 is 22.6. The van der Waals surface area contributed by atoms with Crippen molar-refractivity contribution in [3.8, 4) is 11.5 Å². The van der Waals surface area contributed by atoms with Gasteiger partial charge in [-0.05, 0) is 147 Å². The molecule has 4 nitrogen and oxygen atoms in total. The summed E-state index contributed by atoms with van der Waals surface area (Å²) in [6.07, 6.45) is 13.0. The first kappa shape index (κ1) is 25.7. The Labute approximate surface area is 228 Å². The van der Waals surface area contributed by atoms with Crippen molar-refractivity contribution in [2.75, 3.05) is 26.4 Å². The summed E-state index contributed by atoms with van der Waals surface area (Å²) in [5.41, 5.74) is 10.9. The van der Waals surface area contributed by atoms with Crippen LogP contribution >= 0.6 is 0 Å². The predicted octanol–water partition coefficient (Wildman–Crippen LogP) is 7.54. The summed E-state index contributed by atoms with van der Waals surface area (Å²) in [5, 5.41) is 0. The average Bonchev–Trinajstić information content (AvgIpc) is 3.85. The minimum absolute atomic E-state index is 0.291. The molecule has 4 heteroatoms. The van der Waals surface area contributed by atoms with Crippen molar-refractivity contribution in [1.29, 1.82) is 0 Å². The van der Waals surface area contributed by atoms with E-state index in [0.717, 1.165) is 36.5 Å². The van der Waals surface area contributed by atoms with Gasteiger partial charge in [0.15, 0.2) is 0 Å². The zero-order valence-electron chi connectivity index (χ0n) is 23.5. The number of allylic oxidation sites excluding steroid dienone is 4. The lowest BCUT2D eigenvalue weighted by atomic mass is 9.72. The third-order valence-corrected chi connectivity index (χ3v) is 8.96. The molecule has 4 atom stereocenters. The summed E-state index contributed by atoms with van der Waals surface area (Å²) in [4.78, 5) is 0. The van der Waals surface area contributed by atoms with E-state index in [1.54, 1.807) is 0 Å². The molecule has 0 radical (unpaired) electrons. The lowest BCUT2D eigenvalue weighted by Crippen LogP contribution is -2.19. The number of benzene rings is 2. The second-order valence-electron chi connectivity index (χ2n) is 11.9. The van der Waals surface area contributed by atoms with Gasteiger partial charge in [0.25, 0.3) is 0 Å². The van der Waals surface area contributed by atoms with Crippen LogP contribution < -0.4 is 9.47 Å². The minimum Gasteiger partial charge on any atom is -0.491 e. The fourth-order valence-electron chi connectivity index (χ4n) is 6.33. The lowest BCUT2D eigenvalue weighted by molar-refractivity contribution is 0.261. The zero-order valence-corrected chi connectivity index (χ0v) is 23.5. The first-order valence-corrected chi connectivity index (χ1v) is 14.5. The van der Waals surface area contributed by atoms with Gasteiger partial charge in [0, 0.05) is 0 Å². The van der Waals surface area contributed by atoms with E-state index in [0.29, 0.717) is 25.4 Å². The molecule has 0 spiro atoms. The molecule has 0 aromatic heterocycles. The molecular weight excluding hydrogens is 472 g/mol. The fourth-order valence-corrected chi connectivity index (χ4v) is 6.33. The van der Waals surface area contributed by atoms with Gasteiger partial charge in [0.05, 0.1) is 13.2 Å². The van der Waals surface area contributed by atoms with Gasteiger partial charge in [-0.1, -0.05) is 12.2 Å². The molecule has 6 rings (SSSR count). The van der Waals surface area contributed by atoms with Gasteiger partial charge >= 0.3 is 0 Å². The number of hydrogen-bond acceptors (Lipinski definition) is 4. The Hall–Kier alpha value is -2.56. The van der Waals surface area contributed by atoms with E-state index in [1.165, 1.54) is 83.1 Å². The maximum Gasteiger partial charge on any atom is 0.122 e. The quantitative estimate of drug-likeness (QED) is 0.324. The molecule has 4 aliphatic rings. The molecule has 2 heterocycles. The highest BCUT2D eigenvalue weighted by atomic mass is 16.6. The number of ether oxygens (including phenoxy) is 4. The van der Waals surface area contributed by atoms with Crippen LogP contribution in [0.3, 0.4) is 0 Å². The van der Waals surface area contributed by atoms with Crippen molar-refractivity contribution in [3.05, 3.63) is 69.8 Å². The Morgan fingerprint density at radius 2 is 1.05 bits per heavy atom. The van der Waals surface area contributed by atoms with Crippen LogP contribution in [-0.4, -0.2) is 38.6 Å². The third kappa shape index (κ3) is 5.87. The summed E-state index contributed by atoms with van der Waals surface area (Å²) in [6.45, 7) is 11.8. The molecule has 2 aromatic rings.